The fraction of sp³-hybridized carbons (Fsp3) is 0.259. The molecule has 0 aliphatic heterocycles. The van der Waals surface area contributed by atoms with Crippen LogP contribution in [0.5, 0.6) is 5.75 Å². The van der Waals surface area contributed by atoms with Gasteiger partial charge >= 0.3 is 0 Å². The molecule has 3 aromatic carbocycles. The summed E-state index contributed by atoms with van der Waals surface area (Å²) in [7, 11) is -2.40. The molecule has 0 radical (unpaired) electrons. The van der Waals surface area contributed by atoms with E-state index in [0.717, 1.165) is 16.1 Å². The second-order valence-corrected chi connectivity index (χ2v) is 10.4. The van der Waals surface area contributed by atoms with E-state index in [1.165, 1.54) is 36.2 Å². The number of rotatable bonds is 11. The SMILES string of the molecule is CNC(=O)[C@H](C)N(Cc1ccc(F)cc1)C(=O)CN(c1ccc(OCc2ccccc2)cc1)S(C)(=O)=O. The summed E-state index contributed by atoms with van der Waals surface area (Å²) in [6, 6.07) is 20.6. The molecule has 0 aliphatic rings. The molecule has 1 atom stereocenters. The quantitative estimate of drug-likeness (QED) is 0.413. The maximum absolute atomic E-state index is 13.4. The zero-order valence-corrected chi connectivity index (χ0v) is 21.7. The van der Waals surface area contributed by atoms with Crippen molar-refractivity contribution in [2.45, 2.75) is 26.1 Å². The van der Waals surface area contributed by atoms with Crippen molar-refractivity contribution in [3.63, 3.8) is 0 Å². The molecule has 0 saturated carbocycles. The third kappa shape index (κ3) is 7.78. The maximum Gasteiger partial charge on any atom is 0.244 e. The van der Waals surface area contributed by atoms with Crippen molar-refractivity contribution >= 4 is 27.5 Å². The van der Waals surface area contributed by atoms with Crippen LogP contribution in [-0.4, -0.2) is 51.0 Å². The minimum atomic E-state index is -3.85. The first-order valence-corrected chi connectivity index (χ1v) is 13.4. The summed E-state index contributed by atoms with van der Waals surface area (Å²) in [6.07, 6.45) is 1.01. The molecule has 0 heterocycles. The number of sulfonamides is 1. The number of carbonyl (C=O) groups is 2. The molecule has 3 rings (SSSR count). The predicted octanol–water partition coefficient (Wildman–Crippen LogP) is 3.33. The number of nitrogens with one attached hydrogen (secondary N) is 1. The molecule has 0 unspecified atom stereocenters. The summed E-state index contributed by atoms with van der Waals surface area (Å²) in [5, 5.41) is 2.50. The van der Waals surface area contributed by atoms with E-state index < -0.39 is 40.2 Å². The number of benzene rings is 3. The molecule has 0 fully saturated rings. The third-order valence-corrected chi connectivity index (χ3v) is 6.87. The van der Waals surface area contributed by atoms with E-state index in [9.17, 15) is 22.4 Å². The molecule has 0 aromatic heterocycles. The summed E-state index contributed by atoms with van der Waals surface area (Å²) < 4.78 is 45.4. The highest BCUT2D eigenvalue weighted by Gasteiger charge is 2.29. The van der Waals surface area contributed by atoms with Gasteiger partial charge in [-0.15, -0.1) is 0 Å². The highest BCUT2D eigenvalue weighted by molar-refractivity contribution is 7.92. The monoisotopic (exact) mass is 527 g/mol. The topological polar surface area (TPSA) is 96.0 Å². The Morgan fingerprint density at radius 2 is 1.57 bits per heavy atom. The van der Waals surface area contributed by atoms with Gasteiger partial charge in [-0.3, -0.25) is 13.9 Å². The molecule has 3 aromatic rings. The number of anilines is 1. The Morgan fingerprint density at radius 1 is 0.946 bits per heavy atom. The van der Waals surface area contributed by atoms with Crippen LogP contribution in [0.25, 0.3) is 0 Å². The van der Waals surface area contributed by atoms with Crippen LogP contribution in [0.4, 0.5) is 10.1 Å². The van der Waals surface area contributed by atoms with Crippen molar-refractivity contribution in [2.75, 3.05) is 24.2 Å². The molecule has 0 saturated heterocycles. The first kappa shape index (κ1) is 27.7. The van der Waals surface area contributed by atoms with Gasteiger partial charge in [-0.1, -0.05) is 42.5 Å². The summed E-state index contributed by atoms with van der Waals surface area (Å²) in [4.78, 5) is 27.0. The number of ether oxygens (including phenoxy) is 1. The maximum atomic E-state index is 13.4. The van der Waals surface area contributed by atoms with Crippen molar-refractivity contribution < 1.29 is 27.1 Å². The number of likely N-dealkylation sites (N-methyl/N-ethyl adjacent to an activating group) is 1. The van der Waals surface area contributed by atoms with Crippen molar-refractivity contribution in [3.05, 3.63) is 95.8 Å². The fourth-order valence-corrected chi connectivity index (χ4v) is 4.49. The zero-order chi connectivity index (χ0) is 27.0. The second kappa shape index (κ2) is 12.4. The molecule has 37 heavy (non-hydrogen) atoms. The van der Waals surface area contributed by atoms with E-state index in [1.54, 1.807) is 31.2 Å². The highest BCUT2D eigenvalue weighted by atomic mass is 32.2. The molecule has 0 bridgehead atoms. The van der Waals surface area contributed by atoms with Crippen LogP contribution in [0, 0.1) is 5.82 Å². The average Bonchev–Trinajstić information content (AvgIpc) is 2.89. The van der Waals surface area contributed by atoms with Gasteiger partial charge in [0.05, 0.1) is 11.9 Å². The van der Waals surface area contributed by atoms with E-state index in [4.69, 9.17) is 4.74 Å². The van der Waals surface area contributed by atoms with Crippen molar-refractivity contribution in [3.8, 4) is 5.75 Å². The summed E-state index contributed by atoms with van der Waals surface area (Å²) in [5.41, 5.74) is 1.86. The van der Waals surface area contributed by atoms with Gasteiger partial charge in [-0.2, -0.15) is 0 Å². The molecule has 8 nitrogen and oxygen atoms in total. The summed E-state index contributed by atoms with van der Waals surface area (Å²) in [6.45, 7) is 1.37. The second-order valence-electron chi connectivity index (χ2n) is 8.48. The lowest BCUT2D eigenvalue weighted by atomic mass is 10.1. The lowest BCUT2D eigenvalue weighted by molar-refractivity contribution is -0.139. The minimum Gasteiger partial charge on any atom is -0.489 e. The largest absolute Gasteiger partial charge is 0.489 e. The lowest BCUT2D eigenvalue weighted by Crippen LogP contribution is -2.50. The van der Waals surface area contributed by atoms with E-state index in [2.05, 4.69) is 5.32 Å². The standard InChI is InChI=1S/C27H30FN3O5S/c1-20(27(33)29-2)30(17-21-9-11-23(28)12-10-21)26(32)18-31(37(3,34)35)24-13-15-25(16-14-24)36-19-22-7-5-4-6-8-22/h4-16,20H,17-19H2,1-3H3,(H,29,33)/t20-/m0/s1. The van der Waals surface area contributed by atoms with Crippen LogP contribution in [0.3, 0.4) is 0 Å². The van der Waals surface area contributed by atoms with Gasteiger partial charge in [0.2, 0.25) is 21.8 Å². The van der Waals surface area contributed by atoms with Crippen molar-refractivity contribution in [1.29, 1.82) is 0 Å². The van der Waals surface area contributed by atoms with E-state index >= 15 is 0 Å². The molecular weight excluding hydrogens is 497 g/mol. The minimum absolute atomic E-state index is 0.00241. The van der Waals surface area contributed by atoms with Crippen LogP contribution < -0.4 is 14.4 Å². The van der Waals surface area contributed by atoms with Gasteiger partial charge in [-0.05, 0) is 54.4 Å². The average molecular weight is 528 g/mol. The van der Waals surface area contributed by atoms with Crippen LogP contribution in [-0.2, 0) is 32.8 Å². The first-order valence-electron chi connectivity index (χ1n) is 11.6. The van der Waals surface area contributed by atoms with Crippen LogP contribution in [0.15, 0.2) is 78.9 Å². The highest BCUT2D eigenvalue weighted by Crippen LogP contribution is 2.23. The molecule has 196 valence electrons. The van der Waals surface area contributed by atoms with Gasteiger partial charge in [0.1, 0.15) is 30.8 Å². The molecule has 1 N–H and O–H groups in total. The Labute approximate surface area is 216 Å². The Bertz CT molecular complexity index is 1300. The molecule has 0 spiro atoms. The number of halogens is 1. The number of amides is 2. The molecule has 2 amide bonds. The number of carbonyl (C=O) groups excluding carboxylic acids is 2. The normalized spacial score (nSPS) is 11.9. The van der Waals surface area contributed by atoms with E-state index in [1.807, 2.05) is 30.3 Å². The Hall–Kier alpha value is -3.92. The van der Waals surface area contributed by atoms with Crippen molar-refractivity contribution in [1.82, 2.24) is 10.2 Å². The smallest absolute Gasteiger partial charge is 0.244 e. The van der Waals surface area contributed by atoms with Crippen LogP contribution in [0.1, 0.15) is 18.1 Å². The van der Waals surface area contributed by atoms with E-state index in [0.29, 0.717) is 17.9 Å². The molecular formula is C27H30FN3O5S. The van der Waals surface area contributed by atoms with Gasteiger partial charge in [-0.25, -0.2) is 12.8 Å². The van der Waals surface area contributed by atoms with Gasteiger partial charge in [0, 0.05) is 13.6 Å². The third-order valence-electron chi connectivity index (χ3n) is 5.73. The Balaban J connectivity index is 1.80. The zero-order valence-electron chi connectivity index (χ0n) is 20.9. The van der Waals surface area contributed by atoms with E-state index in [-0.39, 0.29) is 12.2 Å². The van der Waals surface area contributed by atoms with Gasteiger partial charge in [0.25, 0.3) is 0 Å². The predicted molar refractivity (Wildman–Crippen MR) is 140 cm³/mol. The number of hydrogen-bond acceptors (Lipinski definition) is 5. The Morgan fingerprint density at radius 3 is 2.14 bits per heavy atom. The summed E-state index contributed by atoms with van der Waals surface area (Å²) in [5.74, 6) is -0.893. The fourth-order valence-electron chi connectivity index (χ4n) is 3.64. The summed E-state index contributed by atoms with van der Waals surface area (Å²) >= 11 is 0. The molecule has 10 heteroatoms. The van der Waals surface area contributed by atoms with Gasteiger partial charge in [0.15, 0.2) is 0 Å². The number of nitrogens with zero attached hydrogens (tertiary/aromatic N) is 2. The lowest BCUT2D eigenvalue weighted by Gasteiger charge is -2.31. The number of hydrogen-bond donors (Lipinski definition) is 1. The Kier molecular flexibility index (Phi) is 9.24. The van der Waals surface area contributed by atoms with Crippen LogP contribution >= 0.6 is 0 Å². The van der Waals surface area contributed by atoms with Crippen LogP contribution in [0.2, 0.25) is 0 Å². The van der Waals surface area contributed by atoms with Crippen molar-refractivity contribution in [2.24, 2.45) is 0 Å². The van der Waals surface area contributed by atoms with Gasteiger partial charge < -0.3 is 15.0 Å². The first-order chi connectivity index (χ1) is 17.6. The molecule has 0 aliphatic carbocycles.